The van der Waals surface area contributed by atoms with E-state index in [4.69, 9.17) is 21.1 Å². The summed E-state index contributed by atoms with van der Waals surface area (Å²) in [7, 11) is 0. The van der Waals surface area contributed by atoms with Gasteiger partial charge in [0.2, 0.25) is 5.91 Å². The van der Waals surface area contributed by atoms with Crippen LogP contribution in [0.2, 0.25) is 5.02 Å². The molecule has 0 spiro atoms. The smallest absolute Gasteiger partial charge is 0.226 e. The highest BCUT2D eigenvalue weighted by atomic mass is 35.5. The van der Waals surface area contributed by atoms with Gasteiger partial charge in [-0.15, -0.1) is 11.3 Å². The van der Waals surface area contributed by atoms with Crippen molar-refractivity contribution in [3.05, 3.63) is 80.8 Å². The molecule has 2 aromatic carbocycles. The number of hydrogen-bond acceptors (Lipinski definition) is 5. The monoisotopic (exact) mass is 444 g/mol. The molecular weight excluding hydrogens is 420 g/mol. The second-order valence-corrected chi connectivity index (χ2v) is 8.44. The van der Waals surface area contributed by atoms with E-state index in [0.29, 0.717) is 24.8 Å². The standard InChI is InChI=1S/C23H25ClN2O3S/c1-16(2)28-13-18-6-4-3-5-17(18)12-25-22(27)11-20-15-30-23(26-20)14-29-21-9-7-19(24)8-10-21/h3-10,15-16H,11-14H2,1-2H3,(H,25,27). The average Bonchev–Trinajstić information content (AvgIpc) is 3.18. The summed E-state index contributed by atoms with van der Waals surface area (Å²) in [4.78, 5) is 16.9. The van der Waals surface area contributed by atoms with Crippen molar-refractivity contribution in [1.29, 1.82) is 0 Å². The third-order valence-electron chi connectivity index (χ3n) is 4.28. The first-order valence-corrected chi connectivity index (χ1v) is 11.0. The van der Waals surface area contributed by atoms with E-state index in [2.05, 4.69) is 10.3 Å². The van der Waals surface area contributed by atoms with Gasteiger partial charge in [-0.05, 0) is 49.2 Å². The molecule has 0 aliphatic heterocycles. The summed E-state index contributed by atoms with van der Waals surface area (Å²) >= 11 is 7.35. The summed E-state index contributed by atoms with van der Waals surface area (Å²) in [5, 5.41) is 6.36. The molecule has 3 rings (SSSR count). The van der Waals surface area contributed by atoms with Crippen LogP contribution in [0.25, 0.3) is 0 Å². The molecule has 158 valence electrons. The van der Waals surface area contributed by atoms with E-state index in [-0.39, 0.29) is 18.4 Å². The Morgan fingerprint density at radius 1 is 1.10 bits per heavy atom. The molecule has 1 N–H and O–H groups in total. The minimum Gasteiger partial charge on any atom is -0.486 e. The molecule has 1 aromatic heterocycles. The number of nitrogens with zero attached hydrogens (tertiary/aromatic N) is 1. The van der Waals surface area contributed by atoms with E-state index >= 15 is 0 Å². The van der Waals surface area contributed by atoms with Gasteiger partial charge in [-0.2, -0.15) is 0 Å². The normalized spacial score (nSPS) is 10.9. The highest BCUT2D eigenvalue weighted by Gasteiger charge is 2.10. The number of ether oxygens (including phenoxy) is 2. The topological polar surface area (TPSA) is 60.5 Å². The number of amides is 1. The molecule has 0 radical (unpaired) electrons. The molecule has 0 aliphatic carbocycles. The fraction of sp³-hybridized carbons (Fsp3) is 0.304. The highest BCUT2D eigenvalue weighted by molar-refractivity contribution is 7.09. The predicted molar refractivity (Wildman–Crippen MR) is 120 cm³/mol. The van der Waals surface area contributed by atoms with Crippen molar-refractivity contribution < 1.29 is 14.3 Å². The van der Waals surface area contributed by atoms with Crippen molar-refractivity contribution in [2.45, 2.75) is 46.1 Å². The Bertz CT molecular complexity index is 957. The molecular formula is C23H25ClN2O3S. The number of benzene rings is 2. The van der Waals surface area contributed by atoms with Crippen molar-refractivity contribution in [1.82, 2.24) is 10.3 Å². The molecule has 0 unspecified atom stereocenters. The number of hydrogen-bond donors (Lipinski definition) is 1. The second kappa shape index (κ2) is 11.1. The predicted octanol–water partition coefficient (Wildman–Crippen LogP) is 5.16. The third-order valence-corrected chi connectivity index (χ3v) is 5.41. The van der Waals surface area contributed by atoms with Crippen LogP contribution in [0.3, 0.4) is 0 Å². The maximum Gasteiger partial charge on any atom is 0.226 e. The van der Waals surface area contributed by atoms with Gasteiger partial charge in [-0.25, -0.2) is 4.98 Å². The number of carbonyl (C=O) groups excluding carboxylic acids is 1. The Balaban J connectivity index is 1.47. The first kappa shape index (κ1) is 22.3. The van der Waals surface area contributed by atoms with Crippen LogP contribution in [0.1, 0.15) is 35.7 Å². The second-order valence-electron chi connectivity index (χ2n) is 7.06. The van der Waals surface area contributed by atoms with Gasteiger partial charge in [0, 0.05) is 16.9 Å². The van der Waals surface area contributed by atoms with Gasteiger partial charge in [0.05, 0.1) is 24.8 Å². The van der Waals surface area contributed by atoms with Crippen molar-refractivity contribution in [2.24, 2.45) is 0 Å². The maximum absolute atomic E-state index is 12.4. The quantitative estimate of drug-likeness (QED) is 0.469. The zero-order valence-corrected chi connectivity index (χ0v) is 18.6. The van der Waals surface area contributed by atoms with Gasteiger partial charge in [0.25, 0.3) is 0 Å². The molecule has 0 saturated carbocycles. The lowest BCUT2D eigenvalue weighted by molar-refractivity contribution is -0.120. The molecule has 0 bridgehead atoms. The number of aromatic nitrogens is 1. The fourth-order valence-corrected chi connectivity index (χ4v) is 3.55. The number of halogens is 1. The van der Waals surface area contributed by atoms with Crippen molar-refractivity contribution in [2.75, 3.05) is 0 Å². The van der Waals surface area contributed by atoms with Crippen LogP contribution in [0.5, 0.6) is 5.75 Å². The molecule has 7 heteroatoms. The van der Waals surface area contributed by atoms with E-state index in [9.17, 15) is 4.79 Å². The summed E-state index contributed by atoms with van der Waals surface area (Å²) in [6.45, 7) is 5.37. The molecule has 5 nitrogen and oxygen atoms in total. The number of carbonyl (C=O) groups is 1. The van der Waals surface area contributed by atoms with Crippen LogP contribution in [0.15, 0.2) is 53.9 Å². The Labute approximate surface area is 186 Å². The lowest BCUT2D eigenvalue weighted by Gasteiger charge is -2.12. The molecule has 30 heavy (non-hydrogen) atoms. The minimum atomic E-state index is -0.0648. The molecule has 1 amide bonds. The maximum atomic E-state index is 12.4. The fourth-order valence-electron chi connectivity index (χ4n) is 2.72. The lowest BCUT2D eigenvalue weighted by Crippen LogP contribution is -2.25. The molecule has 0 aliphatic rings. The molecule has 0 saturated heterocycles. The van der Waals surface area contributed by atoms with Crippen molar-refractivity contribution in [3.8, 4) is 5.75 Å². The van der Waals surface area contributed by atoms with E-state index in [1.54, 1.807) is 12.1 Å². The van der Waals surface area contributed by atoms with E-state index < -0.39 is 0 Å². The summed E-state index contributed by atoms with van der Waals surface area (Å²) in [5.74, 6) is 0.666. The van der Waals surface area contributed by atoms with Crippen molar-refractivity contribution >= 4 is 28.8 Å². The summed E-state index contributed by atoms with van der Waals surface area (Å²) < 4.78 is 11.4. The first-order chi connectivity index (χ1) is 14.5. The van der Waals surface area contributed by atoms with E-state index in [1.807, 2.05) is 55.6 Å². The van der Waals surface area contributed by atoms with Crippen LogP contribution < -0.4 is 10.1 Å². The van der Waals surface area contributed by atoms with E-state index in [1.165, 1.54) is 11.3 Å². The van der Waals surface area contributed by atoms with Crippen LogP contribution in [-0.4, -0.2) is 17.0 Å². The van der Waals surface area contributed by atoms with Crippen LogP contribution in [-0.2, 0) is 35.7 Å². The van der Waals surface area contributed by atoms with Crippen LogP contribution in [0, 0.1) is 0 Å². The Morgan fingerprint density at radius 3 is 2.57 bits per heavy atom. The largest absolute Gasteiger partial charge is 0.486 e. The molecule has 1 heterocycles. The van der Waals surface area contributed by atoms with Gasteiger partial charge < -0.3 is 14.8 Å². The molecule has 3 aromatic rings. The van der Waals surface area contributed by atoms with E-state index in [0.717, 1.165) is 27.6 Å². The Kier molecular flexibility index (Phi) is 8.25. The van der Waals surface area contributed by atoms with Gasteiger partial charge in [0.15, 0.2) is 0 Å². The minimum absolute atomic E-state index is 0.0648. The van der Waals surface area contributed by atoms with Gasteiger partial charge in [0.1, 0.15) is 17.4 Å². The number of nitrogens with one attached hydrogen (secondary N) is 1. The Hall–Kier alpha value is -2.41. The first-order valence-electron chi connectivity index (χ1n) is 9.76. The highest BCUT2D eigenvalue weighted by Crippen LogP contribution is 2.18. The summed E-state index contributed by atoms with van der Waals surface area (Å²) in [6.07, 6.45) is 0.400. The number of thiazole rings is 1. The van der Waals surface area contributed by atoms with Gasteiger partial charge in [-0.1, -0.05) is 35.9 Å². The lowest BCUT2D eigenvalue weighted by atomic mass is 10.1. The molecule has 0 atom stereocenters. The zero-order chi connectivity index (χ0) is 21.3. The SMILES string of the molecule is CC(C)OCc1ccccc1CNC(=O)Cc1csc(COc2ccc(Cl)cc2)n1. The zero-order valence-electron chi connectivity index (χ0n) is 17.1. The third kappa shape index (κ3) is 7.13. The van der Waals surface area contributed by atoms with Gasteiger partial charge in [-0.3, -0.25) is 4.79 Å². The Morgan fingerprint density at radius 2 is 1.83 bits per heavy atom. The molecule has 0 fully saturated rings. The number of rotatable bonds is 10. The summed E-state index contributed by atoms with van der Waals surface area (Å²) in [5.41, 5.74) is 2.88. The van der Waals surface area contributed by atoms with Crippen LogP contribution >= 0.6 is 22.9 Å². The summed E-state index contributed by atoms with van der Waals surface area (Å²) in [6, 6.07) is 15.2. The van der Waals surface area contributed by atoms with Crippen LogP contribution in [0.4, 0.5) is 0 Å². The average molecular weight is 445 g/mol. The van der Waals surface area contributed by atoms with Gasteiger partial charge >= 0.3 is 0 Å². The van der Waals surface area contributed by atoms with Crippen molar-refractivity contribution in [3.63, 3.8) is 0 Å².